The van der Waals surface area contributed by atoms with E-state index in [0.29, 0.717) is 48.3 Å². The van der Waals surface area contributed by atoms with Gasteiger partial charge in [-0.1, -0.05) is 17.7 Å². The summed E-state index contributed by atoms with van der Waals surface area (Å²) in [5.41, 5.74) is 1.95. The van der Waals surface area contributed by atoms with E-state index in [1.54, 1.807) is 25.6 Å². The van der Waals surface area contributed by atoms with Crippen molar-refractivity contribution in [3.05, 3.63) is 64.8 Å². The molecule has 10 heteroatoms. The number of piperidine rings is 1. The maximum absolute atomic E-state index is 9.85. The predicted molar refractivity (Wildman–Crippen MR) is 130 cm³/mol. The van der Waals surface area contributed by atoms with Crippen molar-refractivity contribution in [1.29, 1.82) is 0 Å². The van der Waals surface area contributed by atoms with E-state index in [4.69, 9.17) is 21.3 Å². The van der Waals surface area contributed by atoms with Crippen LogP contribution in [0.1, 0.15) is 29.8 Å². The van der Waals surface area contributed by atoms with E-state index in [1.807, 2.05) is 24.4 Å². The minimum atomic E-state index is 0.0798. The number of methoxy groups -OCH3 is 1. The molecule has 2 fully saturated rings. The summed E-state index contributed by atoms with van der Waals surface area (Å²) in [4.78, 5) is 20.3. The summed E-state index contributed by atoms with van der Waals surface area (Å²) in [6.45, 7) is 1.76. The number of halogens is 1. The summed E-state index contributed by atoms with van der Waals surface area (Å²) in [7, 11) is 1.60. The van der Waals surface area contributed by atoms with Crippen LogP contribution in [0.2, 0.25) is 5.02 Å². The zero-order chi connectivity index (χ0) is 23.5. The van der Waals surface area contributed by atoms with Crippen LogP contribution in [-0.4, -0.2) is 50.8 Å². The number of rotatable bonds is 10. The third-order valence-corrected chi connectivity index (χ3v) is 6.69. The number of ether oxygens (including phenoxy) is 1. The van der Waals surface area contributed by atoms with Gasteiger partial charge in [0.05, 0.1) is 31.3 Å². The number of aromatic nitrogens is 4. The molecule has 3 atom stereocenters. The van der Waals surface area contributed by atoms with Crippen LogP contribution in [0.25, 0.3) is 0 Å². The lowest BCUT2D eigenvalue weighted by Crippen LogP contribution is -2.37. The molecular weight excluding hydrogens is 454 g/mol. The number of nitrogens with zero attached hydrogens (tertiary/aromatic N) is 5. The molecule has 3 unspecified atom stereocenters. The molecule has 1 saturated carbocycles. The number of anilines is 2. The Kier molecular flexibility index (Phi) is 6.75. The van der Waals surface area contributed by atoms with Crippen LogP contribution < -0.4 is 20.3 Å². The van der Waals surface area contributed by atoms with E-state index in [2.05, 4.69) is 30.5 Å². The topological polar surface area (TPSA) is 108 Å². The summed E-state index contributed by atoms with van der Waals surface area (Å²) in [5.74, 6) is 3.43. The first kappa shape index (κ1) is 22.8. The molecule has 1 aliphatic carbocycles. The number of nitrogens with one attached hydrogen (secondary N) is 2. The monoisotopic (exact) mass is 481 g/mol. The first-order valence-corrected chi connectivity index (χ1v) is 11.8. The molecule has 1 aromatic carbocycles. The number of aliphatic hydroxyl groups is 1. The van der Waals surface area contributed by atoms with Crippen molar-refractivity contribution in [2.45, 2.75) is 44.6 Å². The highest BCUT2D eigenvalue weighted by atomic mass is 35.5. The second kappa shape index (κ2) is 10.1. The Morgan fingerprint density at radius 1 is 1.15 bits per heavy atom. The molecule has 0 amide bonds. The Morgan fingerprint density at radius 3 is 2.76 bits per heavy atom. The van der Waals surface area contributed by atoms with Crippen molar-refractivity contribution >= 4 is 23.4 Å². The lowest BCUT2D eigenvalue weighted by atomic mass is 10.2. The van der Waals surface area contributed by atoms with Crippen molar-refractivity contribution in [1.82, 2.24) is 25.3 Å². The van der Waals surface area contributed by atoms with Gasteiger partial charge in [0.2, 0.25) is 5.95 Å². The minimum absolute atomic E-state index is 0.0798. The van der Waals surface area contributed by atoms with E-state index in [-0.39, 0.29) is 12.6 Å². The normalized spacial score (nSPS) is 20.8. The molecule has 34 heavy (non-hydrogen) atoms. The van der Waals surface area contributed by atoms with Gasteiger partial charge in [-0.05, 0) is 42.5 Å². The van der Waals surface area contributed by atoms with Gasteiger partial charge in [0.25, 0.3) is 0 Å². The molecule has 3 aromatic rings. The smallest absolute Gasteiger partial charge is 0.227 e. The average Bonchev–Trinajstić information content (AvgIpc) is 3.53. The fourth-order valence-corrected chi connectivity index (χ4v) is 4.85. The first-order valence-electron chi connectivity index (χ1n) is 11.4. The number of fused-ring (bicyclic) bond motifs is 1. The predicted octanol–water partition coefficient (Wildman–Crippen LogP) is 2.79. The minimum Gasteiger partial charge on any atom is -0.495 e. The number of benzene rings is 1. The van der Waals surface area contributed by atoms with Crippen molar-refractivity contribution in [3.63, 3.8) is 0 Å². The summed E-state index contributed by atoms with van der Waals surface area (Å²) in [6.07, 6.45) is 7.46. The molecule has 0 spiro atoms. The van der Waals surface area contributed by atoms with E-state index in [9.17, 15) is 5.11 Å². The highest BCUT2D eigenvalue weighted by molar-refractivity contribution is 6.32. The van der Waals surface area contributed by atoms with E-state index >= 15 is 0 Å². The fraction of sp³-hybridized carbons (Fsp3) is 0.417. The molecular formula is C24H28ClN7O2. The Bertz CT molecular complexity index is 1130. The van der Waals surface area contributed by atoms with Crippen LogP contribution in [0.4, 0.5) is 11.8 Å². The molecule has 5 rings (SSSR count). The Hall–Kier alpha value is -3.01. The molecule has 9 nitrogen and oxygen atoms in total. The Balaban J connectivity index is 1.34. The highest BCUT2D eigenvalue weighted by Crippen LogP contribution is 2.48. The Morgan fingerprint density at radius 2 is 2.00 bits per heavy atom. The van der Waals surface area contributed by atoms with Crippen LogP contribution in [0.15, 0.2) is 42.9 Å². The quantitative estimate of drug-likeness (QED) is 0.402. The van der Waals surface area contributed by atoms with Crippen LogP contribution in [-0.2, 0) is 19.6 Å². The molecule has 1 saturated heterocycles. The zero-order valence-electron chi connectivity index (χ0n) is 19.0. The second-order valence-electron chi connectivity index (χ2n) is 8.68. The number of hydrogen-bond acceptors (Lipinski definition) is 9. The highest BCUT2D eigenvalue weighted by Gasteiger charge is 2.52. The molecule has 3 heterocycles. The number of hydrogen-bond donors (Lipinski definition) is 3. The van der Waals surface area contributed by atoms with Crippen molar-refractivity contribution in [2.75, 3.05) is 23.9 Å². The average molecular weight is 482 g/mol. The molecule has 0 radical (unpaired) electrons. The van der Waals surface area contributed by atoms with E-state index in [0.717, 1.165) is 35.6 Å². The SMILES string of the molecule is COc1ccc(CNc2nc(N3C(CO)CC4CC43)ncc2CNCc2ncccn2)cc1Cl. The maximum atomic E-state index is 9.85. The molecule has 2 aromatic heterocycles. The third kappa shape index (κ3) is 4.91. The summed E-state index contributed by atoms with van der Waals surface area (Å²) >= 11 is 6.30. The maximum Gasteiger partial charge on any atom is 0.227 e. The van der Waals surface area contributed by atoms with Gasteiger partial charge in [0.1, 0.15) is 17.4 Å². The van der Waals surface area contributed by atoms with Gasteiger partial charge >= 0.3 is 0 Å². The van der Waals surface area contributed by atoms with Gasteiger partial charge in [-0.2, -0.15) is 4.98 Å². The standard InChI is InChI=1S/C24H28ClN7O2/c1-34-21-4-3-15(7-19(21)25)10-29-23-17(11-26-13-22-27-5-2-6-28-22)12-30-24(31-23)32-18(14-33)8-16-9-20(16)32/h2-7,12,16,18,20,26,33H,8-11,13-14H2,1H3,(H,29,30,31). The lowest BCUT2D eigenvalue weighted by molar-refractivity contribution is 0.259. The van der Waals surface area contributed by atoms with Crippen LogP contribution in [0.3, 0.4) is 0 Å². The first-order chi connectivity index (χ1) is 16.7. The summed E-state index contributed by atoms with van der Waals surface area (Å²) in [6, 6.07) is 8.03. The van der Waals surface area contributed by atoms with Crippen LogP contribution in [0, 0.1) is 5.92 Å². The van der Waals surface area contributed by atoms with Gasteiger partial charge in [-0.3, -0.25) is 0 Å². The lowest BCUT2D eigenvalue weighted by Gasteiger charge is -2.27. The Labute approximate surface area is 203 Å². The fourth-order valence-electron chi connectivity index (χ4n) is 4.57. The summed E-state index contributed by atoms with van der Waals surface area (Å²) in [5, 5.41) is 17.2. The van der Waals surface area contributed by atoms with Gasteiger partial charge in [-0.25, -0.2) is 15.0 Å². The van der Waals surface area contributed by atoms with E-state index in [1.165, 1.54) is 0 Å². The molecule has 2 aliphatic rings. The van der Waals surface area contributed by atoms with Crippen LogP contribution in [0.5, 0.6) is 5.75 Å². The van der Waals surface area contributed by atoms with Crippen LogP contribution >= 0.6 is 11.6 Å². The summed E-state index contributed by atoms with van der Waals surface area (Å²) < 4.78 is 5.25. The largest absolute Gasteiger partial charge is 0.495 e. The van der Waals surface area contributed by atoms with Gasteiger partial charge < -0.3 is 25.4 Å². The van der Waals surface area contributed by atoms with Crippen molar-refractivity contribution in [3.8, 4) is 5.75 Å². The van der Waals surface area contributed by atoms with Gasteiger partial charge in [0, 0.05) is 43.3 Å². The van der Waals surface area contributed by atoms with E-state index < -0.39 is 0 Å². The zero-order valence-corrected chi connectivity index (χ0v) is 19.7. The second-order valence-corrected chi connectivity index (χ2v) is 9.08. The molecule has 3 N–H and O–H groups in total. The van der Waals surface area contributed by atoms with Crippen molar-refractivity contribution in [2.24, 2.45) is 5.92 Å². The van der Waals surface area contributed by atoms with Gasteiger partial charge in [-0.15, -0.1) is 0 Å². The molecule has 178 valence electrons. The third-order valence-electron chi connectivity index (χ3n) is 6.40. The molecule has 0 bridgehead atoms. The van der Waals surface area contributed by atoms with Crippen molar-refractivity contribution < 1.29 is 9.84 Å². The molecule has 1 aliphatic heterocycles. The number of aliphatic hydroxyl groups excluding tert-OH is 1. The van der Waals surface area contributed by atoms with Gasteiger partial charge in [0.15, 0.2) is 0 Å².